The molecule has 1 saturated heterocycles. The van der Waals surface area contributed by atoms with Gasteiger partial charge in [-0.05, 0) is 61.1 Å². The molecule has 2 aromatic rings. The van der Waals surface area contributed by atoms with E-state index in [1.165, 1.54) is 22.3 Å². The summed E-state index contributed by atoms with van der Waals surface area (Å²) in [5.41, 5.74) is 5.03. The molecule has 1 atom stereocenters. The van der Waals surface area contributed by atoms with Crippen molar-refractivity contribution in [2.75, 3.05) is 13.1 Å². The van der Waals surface area contributed by atoms with Crippen LogP contribution in [0, 0.1) is 6.92 Å². The predicted molar refractivity (Wildman–Crippen MR) is 105 cm³/mol. The van der Waals surface area contributed by atoms with E-state index in [0.29, 0.717) is 0 Å². The van der Waals surface area contributed by atoms with Gasteiger partial charge in [-0.15, -0.1) is 0 Å². The van der Waals surface area contributed by atoms with Gasteiger partial charge in [0.1, 0.15) is 0 Å². The van der Waals surface area contributed by atoms with E-state index < -0.39 is 5.97 Å². The Morgan fingerprint density at radius 3 is 2.81 bits per heavy atom. The molecule has 1 aliphatic rings. The van der Waals surface area contributed by atoms with Crippen LogP contribution in [0.25, 0.3) is 5.57 Å². The van der Waals surface area contributed by atoms with Crippen molar-refractivity contribution in [1.29, 1.82) is 0 Å². The second-order valence-corrected chi connectivity index (χ2v) is 7.22. The average Bonchev–Trinajstić information content (AvgIpc) is 3.21. The smallest absolute Gasteiger partial charge is 0.304 e. The number of likely N-dealkylation sites (tertiary alicyclic amines) is 1. The van der Waals surface area contributed by atoms with Crippen LogP contribution in [0.5, 0.6) is 0 Å². The second kappa shape index (κ2) is 8.37. The Morgan fingerprint density at radius 2 is 2.12 bits per heavy atom. The lowest BCUT2D eigenvalue weighted by molar-refractivity contribution is -0.138. The van der Waals surface area contributed by atoms with Crippen LogP contribution < -0.4 is 0 Å². The van der Waals surface area contributed by atoms with Gasteiger partial charge in [0.15, 0.2) is 0 Å². The van der Waals surface area contributed by atoms with Crippen LogP contribution in [0.4, 0.5) is 0 Å². The molecular formula is C22H28N2O2. The third kappa shape index (κ3) is 4.44. The summed E-state index contributed by atoms with van der Waals surface area (Å²) in [7, 11) is 2.04. The zero-order valence-corrected chi connectivity index (χ0v) is 15.7. The fourth-order valence-corrected chi connectivity index (χ4v) is 3.92. The van der Waals surface area contributed by atoms with E-state index in [0.717, 1.165) is 32.4 Å². The molecule has 4 heteroatoms. The third-order valence-corrected chi connectivity index (χ3v) is 5.25. The monoisotopic (exact) mass is 352 g/mol. The molecule has 1 aromatic carbocycles. The summed E-state index contributed by atoms with van der Waals surface area (Å²) in [6.07, 6.45) is 9.83. The van der Waals surface area contributed by atoms with Crippen LogP contribution in [0.3, 0.4) is 0 Å². The zero-order chi connectivity index (χ0) is 18.5. The lowest BCUT2D eigenvalue weighted by Crippen LogP contribution is -2.32. The van der Waals surface area contributed by atoms with Crippen molar-refractivity contribution in [3.63, 3.8) is 0 Å². The molecule has 26 heavy (non-hydrogen) atoms. The molecule has 1 aromatic heterocycles. The van der Waals surface area contributed by atoms with Gasteiger partial charge in [0.05, 0.1) is 6.42 Å². The van der Waals surface area contributed by atoms with Crippen LogP contribution in [0.2, 0.25) is 0 Å². The predicted octanol–water partition coefficient (Wildman–Crippen LogP) is 4.09. The molecule has 1 aliphatic heterocycles. The van der Waals surface area contributed by atoms with Gasteiger partial charge in [-0.2, -0.15) is 0 Å². The number of nitrogens with zero attached hydrogens (tertiary/aromatic N) is 2. The Morgan fingerprint density at radius 1 is 1.31 bits per heavy atom. The molecule has 0 aliphatic carbocycles. The average molecular weight is 352 g/mol. The van der Waals surface area contributed by atoms with E-state index in [1.807, 2.05) is 7.05 Å². The lowest BCUT2D eigenvalue weighted by Gasteiger charge is -2.22. The highest BCUT2D eigenvalue weighted by Gasteiger charge is 2.25. The van der Waals surface area contributed by atoms with E-state index in [-0.39, 0.29) is 12.5 Å². The lowest BCUT2D eigenvalue weighted by atomic mass is 9.95. The van der Waals surface area contributed by atoms with Crippen molar-refractivity contribution < 1.29 is 9.90 Å². The summed E-state index contributed by atoms with van der Waals surface area (Å²) < 4.78 is 2.07. The van der Waals surface area contributed by atoms with Gasteiger partial charge in [0.2, 0.25) is 0 Å². The molecular weight excluding hydrogens is 324 g/mol. The molecule has 0 radical (unpaired) electrons. The summed E-state index contributed by atoms with van der Waals surface area (Å²) in [6.45, 7) is 4.08. The fourth-order valence-electron chi connectivity index (χ4n) is 3.92. The fraction of sp³-hybridized carbons (Fsp3) is 0.409. The van der Waals surface area contributed by atoms with Crippen molar-refractivity contribution in [2.45, 2.75) is 38.6 Å². The molecule has 1 fully saturated rings. The van der Waals surface area contributed by atoms with Gasteiger partial charge in [0, 0.05) is 32.0 Å². The highest BCUT2D eigenvalue weighted by Crippen LogP contribution is 2.27. The maximum absolute atomic E-state index is 11.1. The molecule has 1 N–H and O–H groups in total. The summed E-state index contributed by atoms with van der Waals surface area (Å²) in [4.78, 5) is 13.4. The van der Waals surface area contributed by atoms with Gasteiger partial charge in [-0.25, -0.2) is 0 Å². The summed E-state index contributed by atoms with van der Waals surface area (Å²) >= 11 is 0. The van der Waals surface area contributed by atoms with E-state index in [1.54, 1.807) is 0 Å². The first-order chi connectivity index (χ1) is 12.5. The highest BCUT2D eigenvalue weighted by atomic mass is 16.4. The second-order valence-electron chi connectivity index (χ2n) is 7.22. The van der Waals surface area contributed by atoms with Crippen molar-refractivity contribution in [3.05, 3.63) is 65.5 Å². The van der Waals surface area contributed by atoms with Crippen LogP contribution in [-0.2, 0) is 11.8 Å². The maximum atomic E-state index is 11.1. The van der Waals surface area contributed by atoms with Crippen LogP contribution in [0.1, 0.15) is 42.4 Å². The molecule has 0 bridgehead atoms. The molecule has 0 spiro atoms. The number of carboxylic acid groups (broad SMARTS) is 1. The van der Waals surface area contributed by atoms with Crippen LogP contribution in [-0.4, -0.2) is 39.7 Å². The Hall–Kier alpha value is -2.33. The number of rotatable bonds is 7. The van der Waals surface area contributed by atoms with Gasteiger partial charge in [-0.1, -0.05) is 30.3 Å². The SMILES string of the molecule is Cc1ccccc1C(=CCCN1CCC[C@H]1CC(=O)O)c1ccn(C)c1. The number of carbonyl (C=O) groups is 1. The maximum Gasteiger partial charge on any atom is 0.304 e. The number of carboxylic acids is 1. The summed E-state index contributed by atoms with van der Waals surface area (Å²) in [5, 5.41) is 9.09. The Bertz CT molecular complexity index is 791. The van der Waals surface area contributed by atoms with Crippen molar-refractivity contribution >= 4 is 11.5 Å². The minimum Gasteiger partial charge on any atom is -0.481 e. The number of aliphatic carboxylic acids is 1. The van der Waals surface area contributed by atoms with Crippen molar-refractivity contribution in [1.82, 2.24) is 9.47 Å². The quantitative estimate of drug-likeness (QED) is 0.816. The van der Waals surface area contributed by atoms with Crippen molar-refractivity contribution in [2.24, 2.45) is 7.05 Å². The molecule has 0 amide bonds. The summed E-state index contributed by atoms with van der Waals surface area (Å²) in [6, 6.07) is 10.8. The van der Waals surface area contributed by atoms with E-state index in [4.69, 9.17) is 5.11 Å². The van der Waals surface area contributed by atoms with Gasteiger partial charge in [-0.3, -0.25) is 9.69 Å². The number of hydrogen-bond donors (Lipinski definition) is 1. The van der Waals surface area contributed by atoms with E-state index in [2.05, 4.69) is 65.2 Å². The molecule has 0 unspecified atom stereocenters. The first-order valence-corrected chi connectivity index (χ1v) is 9.39. The molecule has 2 heterocycles. The van der Waals surface area contributed by atoms with Crippen molar-refractivity contribution in [3.8, 4) is 0 Å². The molecule has 0 saturated carbocycles. The number of hydrogen-bond acceptors (Lipinski definition) is 2. The number of aryl methyl sites for hydroxylation is 2. The van der Waals surface area contributed by atoms with Gasteiger partial charge >= 0.3 is 5.97 Å². The topological polar surface area (TPSA) is 45.5 Å². The third-order valence-electron chi connectivity index (χ3n) is 5.25. The first kappa shape index (κ1) is 18.5. The van der Waals surface area contributed by atoms with Crippen LogP contribution >= 0.6 is 0 Å². The largest absolute Gasteiger partial charge is 0.481 e. The highest BCUT2D eigenvalue weighted by molar-refractivity contribution is 5.81. The number of aromatic nitrogens is 1. The standard InChI is InChI=1S/C22H28N2O2/c1-17-7-3-4-9-20(17)21(18-11-14-23(2)16-18)10-6-13-24-12-5-8-19(24)15-22(25)26/h3-4,7,9-11,14,16,19H,5-6,8,12-13,15H2,1-2H3,(H,25,26)/t19-/m0/s1. The Balaban J connectivity index is 1.77. The van der Waals surface area contributed by atoms with E-state index >= 15 is 0 Å². The Labute approximate surface area is 155 Å². The minimum absolute atomic E-state index is 0.194. The summed E-state index contributed by atoms with van der Waals surface area (Å²) in [5.74, 6) is -0.692. The molecule has 138 valence electrons. The van der Waals surface area contributed by atoms with Crippen LogP contribution in [0.15, 0.2) is 48.8 Å². The van der Waals surface area contributed by atoms with Gasteiger partial charge in [0.25, 0.3) is 0 Å². The normalized spacial score (nSPS) is 18.4. The number of benzene rings is 1. The molecule has 4 nitrogen and oxygen atoms in total. The van der Waals surface area contributed by atoms with E-state index in [9.17, 15) is 4.79 Å². The first-order valence-electron chi connectivity index (χ1n) is 9.39. The minimum atomic E-state index is -0.692. The zero-order valence-electron chi connectivity index (χ0n) is 15.7. The Kier molecular flexibility index (Phi) is 5.94. The van der Waals surface area contributed by atoms with Gasteiger partial charge < -0.3 is 9.67 Å². The molecule has 3 rings (SSSR count).